The summed E-state index contributed by atoms with van der Waals surface area (Å²) in [7, 11) is 1.89. The summed E-state index contributed by atoms with van der Waals surface area (Å²) in [5.74, 6) is 0.266. The molecule has 4 rings (SSSR count). The van der Waals surface area contributed by atoms with Crippen LogP contribution in [0.4, 0.5) is 0 Å². The Hall–Kier alpha value is -3.08. The van der Waals surface area contributed by atoms with Crippen molar-refractivity contribution in [3.63, 3.8) is 0 Å². The molecular formula is C17H14N4O. The van der Waals surface area contributed by atoms with E-state index in [0.29, 0.717) is 0 Å². The number of fused-ring (bicyclic) bond motifs is 1. The third-order valence-corrected chi connectivity index (χ3v) is 3.70. The maximum Gasteiger partial charge on any atom is 0.115 e. The van der Waals surface area contributed by atoms with Crippen molar-refractivity contribution in [2.75, 3.05) is 0 Å². The fourth-order valence-corrected chi connectivity index (χ4v) is 2.57. The van der Waals surface area contributed by atoms with E-state index < -0.39 is 0 Å². The predicted molar refractivity (Wildman–Crippen MR) is 84.5 cm³/mol. The molecule has 108 valence electrons. The van der Waals surface area contributed by atoms with E-state index >= 15 is 0 Å². The topological polar surface area (TPSA) is 55.4 Å². The quantitative estimate of drug-likeness (QED) is 0.617. The summed E-state index contributed by atoms with van der Waals surface area (Å²) in [6.07, 6.45) is 7.61. The molecule has 3 aromatic heterocycles. The zero-order valence-corrected chi connectivity index (χ0v) is 12.0. The highest BCUT2D eigenvalue weighted by Crippen LogP contribution is 2.26. The van der Waals surface area contributed by atoms with Gasteiger partial charge in [-0.15, -0.1) is 0 Å². The summed E-state index contributed by atoms with van der Waals surface area (Å²) in [5.41, 5.74) is 4.98. The van der Waals surface area contributed by atoms with Crippen molar-refractivity contribution in [2.45, 2.75) is 0 Å². The number of aryl methyl sites for hydroxylation is 1. The van der Waals surface area contributed by atoms with Gasteiger partial charge in [0.1, 0.15) is 5.75 Å². The molecule has 1 N–H and O–H groups in total. The largest absolute Gasteiger partial charge is 0.508 e. The normalized spacial score (nSPS) is 11.1. The van der Waals surface area contributed by atoms with Gasteiger partial charge in [0.15, 0.2) is 0 Å². The van der Waals surface area contributed by atoms with Crippen molar-refractivity contribution >= 4 is 5.52 Å². The molecule has 0 saturated carbocycles. The highest BCUT2D eigenvalue weighted by molar-refractivity contribution is 5.69. The van der Waals surface area contributed by atoms with Crippen LogP contribution in [0.15, 0.2) is 61.2 Å². The Morgan fingerprint density at radius 3 is 2.45 bits per heavy atom. The highest BCUT2D eigenvalue weighted by atomic mass is 16.3. The van der Waals surface area contributed by atoms with Crippen LogP contribution in [-0.4, -0.2) is 24.3 Å². The van der Waals surface area contributed by atoms with E-state index in [1.165, 1.54) is 0 Å². The molecule has 4 aromatic rings. The lowest BCUT2D eigenvalue weighted by Gasteiger charge is -2.05. The summed E-state index contributed by atoms with van der Waals surface area (Å²) in [4.78, 5) is 4.50. The first-order valence-electron chi connectivity index (χ1n) is 6.96. The third-order valence-electron chi connectivity index (χ3n) is 3.70. The van der Waals surface area contributed by atoms with Crippen molar-refractivity contribution in [1.82, 2.24) is 19.2 Å². The molecule has 1 aromatic carbocycles. The Balaban J connectivity index is 1.88. The van der Waals surface area contributed by atoms with Crippen LogP contribution in [0.25, 0.3) is 28.0 Å². The van der Waals surface area contributed by atoms with Gasteiger partial charge in [0.25, 0.3) is 0 Å². The molecule has 0 aliphatic rings. The number of aromatic nitrogens is 4. The van der Waals surface area contributed by atoms with Gasteiger partial charge in [-0.05, 0) is 42.0 Å². The Labute approximate surface area is 127 Å². The van der Waals surface area contributed by atoms with Crippen molar-refractivity contribution in [3.8, 4) is 28.3 Å². The molecule has 0 aliphatic carbocycles. The minimum atomic E-state index is 0.266. The average molecular weight is 290 g/mol. The standard InChI is InChI=1S/C17H14N4O/c1-20-10-13(8-19-20)16-11-21-14(9-18-16)4-7-17(21)12-2-5-15(22)6-3-12/h2-11,22H,1H3. The summed E-state index contributed by atoms with van der Waals surface area (Å²) in [6, 6.07) is 11.3. The van der Waals surface area contributed by atoms with E-state index in [1.54, 1.807) is 23.0 Å². The first kappa shape index (κ1) is 12.6. The summed E-state index contributed by atoms with van der Waals surface area (Å²) in [5, 5.41) is 13.6. The maximum atomic E-state index is 9.44. The van der Waals surface area contributed by atoms with Crippen molar-refractivity contribution in [1.29, 1.82) is 0 Å². The van der Waals surface area contributed by atoms with Gasteiger partial charge in [-0.25, -0.2) is 0 Å². The van der Waals surface area contributed by atoms with Crippen LogP contribution in [0.2, 0.25) is 0 Å². The Kier molecular flexibility index (Phi) is 2.72. The molecule has 0 atom stereocenters. The van der Waals surface area contributed by atoms with Gasteiger partial charge in [0.05, 0.1) is 29.3 Å². The predicted octanol–water partition coefficient (Wildman–Crippen LogP) is 3.11. The van der Waals surface area contributed by atoms with Gasteiger partial charge in [-0.2, -0.15) is 5.10 Å². The second-order valence-electron chi connectivity index (χ2n) is 5.24. The number of phenols is 1. The summed E-state index contributed by atoms with van der Waals surface area (Å²) < 4.78 is 3.86. The molecule has 0 saturated heterocycles. The van der Waals surface area contributed by atoms with E-state index in [9.17, 15) is 5.11 Å². The van der Waals surface area contributed by atoms with Crippen LogP contribution in [0.3, 0.4) is 0 Å². The van der Waals surface area contributed by atoms with Crippen LogP contribution in [-0.2, 0) is 7.05 Å². The number of hydrogen-bond acceptors (Lipinski definition) is 3. The molecule has 0 fully saturated rings. The number of phenolic OH excluding ortho intramolecular Hbond substituents is 1. The van der Waals surface area contributed by atoms with Crippen LogP contribution in [0.5, 0.6) is 5.75 Å². The minimum absolute atomic E-state index is 0.266. The second-order valence-corrected chi connectivity index (χ2v) is 5.24. The number of hydrogen-bond donors (Lipinski definition) is 1. The third kappa shape index (κ3) is 2.03. The van der Waals surface area contributed by atoms with Gasteiger partial charge in [-0.1, -0.05) is 0 Å². The Bertz CT molecular complexity index is 950. The second kappa shape index (κ2) is 4.73. The van der Waals surface area contributed by atoms with Gasteiger partial charge < -0.3 is 9.51 Å². The number of benzene rings is 1. The van der Waals surface area contributed by atoms with Crippen molar-refractivity contribution < 1.29 is 5.11 Å². The summed E-state index contributed by atoms with van der Waals surface area (Å²) >= 11 is 0. The number of rotatable bonds is 2. The average Bonchev–Trinajstić information content (AvgIpc) is 3.14. The molecule has 0 bridgehead atoms. The lowest BCUT2D eigenvalue weighted by molar-refractivity contribution is 0.475. The highest BCUT2D eigenvalue weighted by Gasteiger charge is 2.08. The number of aromatic hydroxyl groups is 1. The van der Waals surface area contributed by atoms with E-state index in [2.05, 4.69) is 20.5 Å². The van der Waals surface area contributed by atoms with E-state index in [4.69, 9.17) is 0 Å². The molecule has 3 heterocycles. The lowest BCUT2D eigenvalue weighted by Crippen LogP contribution is -1.92. The zero-order valence-electron chi connectivity index (χ0n) is 12.0. The first-order valence-corrected chi connectivity index (χ1v) is 6.96. The van der Waals surface area contributed by atoms with Gasteiger partial charge >= 0.3 is 0 Å². The van der Waals surface area contributed by atoms with Gasteiger partial charge in [-0.3, -0.25) is 9.67 Å². The molecule has 5 nitrogen and oxygen atoms in total. The summed E-state index contributed by atoms with van der Waals surface area (Å²) in [6.45, 7) is 0. The van der Waals surface area contributed by atoms with E-state index in [1.807, 2.05) is 43.8 Å². The number of nitrogens with zero attached hydrogens (tertiary/aromatic N) is 4. The molecule has 0 unspecified atom stereocenters. The Morgan fingerprint density at radius 2 is 1.73 bits per heavy atom. The van der Waals surface area contributed by atoms with E-state index in [-0.39, 0.29) is 5.75 Å². The fourth-order valence-electron chi connectivity index (χ4n) is 2.57. The molecule has 0 radical (unpaired) electrons. The lowest BCUT2D eigenvalue weighted by atomic mass is 10.1. The minimum Gasteiger partial charge on any atom is -0.508 e. The van der Waals surface area contributed by atoms with E-state index in [0.717, 1.165) is 28.0 Å². The zero-order chi connectivity index (χ0) is 15.1. The Morgan fingerprint density at radius 1 is 0.909 bits per heavy atom. The van der Waals surface area contributed by atoms with Crippen LogP contribution in [0, 0.1) is 0 Å². The molecule has 0 amide bonds. The monoisotopic (exact) mass is 290 g/mol. The molecule has 0 spiro atoms. The van der Waals surface area contributed by atoms with Crippen molar-refractivity contribution in [3.05, 3.63) is 61.2 Å². The fraction of sp³-hybridized carbons (Fsp3) is 0.0588. The molecular weight excluding hydrogens is 276 g/mol. The van der Waals surface area contributed by atoms with Gasteiger partial charge in [0.2, 0.25) is 0 Å². The van der Waals surface area contributed by atoms with Crippen molar-refractivity contribution in [2.24, 2.45) is 7.05 Å². The molecule has 5 heteroatoms. The molecule has 0 aliphatic heterocycles. The smallest absolute Gasteiger partial charge is 0.115 e. The SMILES string of the molecule is Cn1cc(-c2cn3c(-c4ccc(O)cc4)ccc3cn2)cn1. The van der Waals surface area contributed by atoms with Crippen LogP contribution >= 0.6 is 0 Å². The first-order chi connectivity index (χ1) is 10.7. The maximum absolute atomic E-state index is 9.44. The van der Waals surface area contributed by atoms with Crippen LogP contribution < -0.4 is 0 Å². The molecule has 22 heavy (non-hydrogen) atoms. The van der Waals surface area contributed by atoms with Gasteiger partial charge in [0, 0.05) is 25.0 Å². The van der Waals surface area contributed by atoms with Crippen LogP contribution in [0.1, 0.15) is 0 Å².